The summed E-state index contributed by atoms with van der Waals surface area (Å²) in [6, 6.07) is 1.38. The predicted octanol–water partition coefficient (Wildman–Crippen LogP) is 0.932. The molecule has 2 fully saturated rings. The van der Waals surface area contributed by atoms with Crippen LogP contribution in [-0.4, -0.2) is 25.3 Å². The van der Waals surface area contributed by atoms with Gasteiger partial charge in [0.15, 0.2) is 0 Å². The smallest absolute Gasteiger partial charge is 0.0481 e. The van der Waals surface area contributed by atoms with Crippen LogP contribution in [0.5, 0.6) is 0 Å². The summed E-state index contributed by atoms with van der Waals surface area (Å²) < 4.78 is 5.24. The van der Waals surface area contributed by atoms with Crippen molar-refractivity contribution < 1.29 is 4.74 Å². The molecule has 0 aromatic heterocycles. The molecule has 0 aromatic carbocycles. The highest BCUT2D eigenvalue weighted by Crippen LogP contribution is 2.23. The highest BCUT2D eigenvalue weighted by atomic mass is 16.5. The number of hydrogen-bond acceptors (Lipinski definition) is 1. The monoisotopic (exact) mass is 140 g/mol. The number of ether oxygens (including phenoxy) is 1. The molecule has 0 N–H and O–H groups in total. The minimum absolute atomic E-state index is 0.640. The van der Waals surface area contributed by atoms with Crippen LogP contribution in [0.3, 0.4) is 0 Å². The molecule has 57 valence electrons. The average molecular weight is 140 g/mol. The predicted molar refractivity (Wildman–Crippen MR) is 39.0 cm³/mol. The minimum Gasteiger partial charge on any atom is -0.381 e. The van der Waals surface area contributed by atoms with Crippen LogP contribution in [-0.2, 0) is 4.74 Å². The molecular formula is C8H14NO. The van der Waals surface area contributed by atoms with E-state index in [-0.39, 0.29) is 0 Å². The molecule has 10 heavy (non-hydrogen) atoms. The van der Waals surface area contributed by atoms with Gasteiger partial charge in [0, 0.05) is 25.3 Å². The molecule has 1 saturated heterocycles. The van der Waals surface area contributed by atoms with Crippen LogP contribution in [0, 0.1) is 0 Å². The topological polar surface area (TPSA) is 23.3 Å². The summed E-state index contributed by atoms with van der Waals surface area (Å²) >= 11 is 0. The van der Waals surface area contributed by atoms with Crippen molar-refractivity contribution in [1.29, 1.82) is 0 Å². The Morgan fingerprint density at radius 3 is 2.10 bits per heavy atom. The Kier molecular flexibility index (Phi) is 1.91. The van der Waals surface area contributed by atoms with E-state index >= 15 is 0 Å². The van der Waals surface area contributed by atoms with Gasteiger partial charge in [0.2, 0.25) is 0 Å². The van der Waals surface area contributed by atoms with Gasteiger partial charge in [0.1, 0.15) is 0 Å². The zero-order valence-corrected chi connectivity index (χ0v) is 6.25. The Morgan fingerprint density at radius 1 is 0.900 bits per heavy atom. The van der Waals surface area contributed by atoms with E-state index in [0.717, 1.165) is 32.1 Å². The molecule has 2 aliphatic rings. The second-order valence-electron chi connectivity index (χ2n) is 3.22. The summed E-state index contributed by atoms with van der Waals surface area (Å²) in [5.41, 5.74) is 0. The molecule has 0 atom stereocenters. The summed E-state index contributed by atoms with van der Waals surface area (Å²) in [5.74, 6) is 0. The van der Waals surface area contributed by atoms with E-state index in [1.165, 1.54) is 12.8 Å². The zero-order chi connectivity index (χ0) is 6.81. The molecular weight excluding hydrogens is 126 g/mol. The van der Waals surface area contributed by atoms with Gasteiger partial charge >= 0.3 is 0 Å². The van der Waals surface area contributed by atoms with Gasteiger partial charge in [-0.15, -0.1) is 0 Å². The van der Waals surface area contributed by atoms with Crippen molar-refractivity contribution in [3.05, 3.63) is 0 Å². The molecule has 1 aliphatic heterocycles. The normalized spacial score (nSPS) is 28.8. The molecule has 2 nitrogen and oxygen atoms in total. The van der Waals surface area contributed by atoms with Crippen molar-refractivity contribution in [2.75, 3.05) is 13.2 Å². The zero-order valence-electron chi connectivity index (χ0n) is 6.25. The molecule has 2 rings (SSSR count). The fourth-order valence-corrected chi connectivity index (χ4v) is 1.36. The summed E-state index contributed by atoms with van der Waals surface area (Å²) in [6.45, 7) is 1.86. The molecule has 1 aliphatic carbocycles. The van der Waals surface area contributed by atoms with Crippen molar-refractivity contribution in [3.63, 3.8) is 0 Å². The van der Waals surface area contributed by atoms with E-state index in [2.05, 4.69) is 5.32 Å². The summed E-state index contributed by atoms with van der Waals surface area (Å²) in [7, 11) is 0. The van der Waals surface area contributed by atoms with Crippen LogP contribution < -0.4 is 5.32 Å². The SMILES string of the molecule is C1CC([N]C2CC2)CCO1. The Hall–Kier alpha value is -0.0800. The lowest BCUT2D eigenvalue weighted by Gasteiger charge is -2.21. The lowest BCUT2D eigenvalue weighted by atomic mass is 10.1. The fourth-order valence-electron chi connectivity index (χ4n) is 1.36. The Balaban J connectivity index is 1.69. The fraction of sp³-hybridized carbons (Fsp3) is 1.00. The first-order valence-electron chi connectivity index (χ1n) is 4.23. The molecule has 0 aromatic rings. The first-order chi connectivity index (χ1) is 4.95. The van der Waals surface area contributed by atoms with Gasteiger partial charge in [0.25, 0.3) is 0 Å². The van der Waals surface area contributed by atoms with Crippen molar-refractivity contribution >= 4 is 0 Å². The summed E-state index contributed by atoms with van der Waals surface area (Å²) in [5, 5.41) is 4.67. The number of hydrogen-bond donors (Lipinski definition) is 0. The van der Waals surface area contributed by atoms with Crippen LogP contribution in [0.1, 0.15) is 25.7 Å². The van der Waals surface area contributed by atoms with E-state index in [4.69, 9.17) is 4.74 Å². The molecule has 1 radical (unpaired) electrons. The second-order valence-corrected chi connectivity index (χ2v) is 3.22. The van der Waals surface area contributed by atoms with Crippen molar-refractivity contribution in [2.24, 2.45) is 0 Å². The third kappa shape index (κ3) is 1.70. The van der Waals surface area contributed by atoms with E-state index < -0.39 is 0 Å². The summed E-state index contributed by atoms with van der Waals surface area (Å²) in [4.78, 5) is 0. The molecule has 0 amide bonds. The van der Waals surface area contributed by atoms with Crippen LogP contribution in [0.15, 0.2) is 0 Å². The van der Waals surface area contributed by atoms with Gasteiger partial charge in [-0.25, -0.2) is 5.32 Å². The average Bonchev–Trinajstić information content (AvgIpc) is 2.74. The maximum Gasteiger partial charge on any atom is 0.0481 e. The maximum absolute atomic E-state index is 5.24. The van der Waals surface area contributed by atoms with Gasteiger partial charge in [-0.1, -0.05) is 0 Å². The third-order valence-corrected chi connectivity index (χ3v) is 2.16. The standard InChI is InChI=1S/C8H14NO/c1-2-7(1)9-8-3-5-10-6-4-8/h7-8H,1-6H2. The van der Waals surface area contributed by atoms with E-state index in [1.807, 2.05) is 0 Å². The lowest BCUT2D eigenvalue weighted by molar-refractivity contribution is 0.0766. The van der Waals surface area contributed by atoms with Gasteiger partial charge < -0.3 is 4.74 Å². The van der Waals surface area contributed by atoms with Crippen molar-refractivity contribution in [2.45, 2.75) is 37.8 Å². The van der Waals surface area contributed by atoms with Crippen LogP contribution in [0.2, 0.25) is 0 Å². The summed E-state index contributed by atoms with van der Waals surface area (Å²) in [6.07, 6.45) is 5.02. The first-order valence-corrected chi connectivity index (χ1v) is 4.23. The highest BCUT2D eigenvalue weighted by Gasteiger charge is 2.26. The van der Waals surface area contributed by atoms with Gasteiger partial charge in [-0.05, 0) is 25.7 Å². The Morgan fingerprint density at radius 2 is 1.50 bits per heavy atom. The van der Waals surface area contributed by atoms with E-state index in [9.17, 15) is 0 Å². The third-order valence-electron chi connectivity index (χ3n) is 2.16. The van der Waals surface area contributed by atoms with Crippen molar-refractivity contribution in [3.8, 4) is 0 Å². The van der Waals surface area contributed by atoms with Gasteiger partial charge in [-0.3, -0.25) is 0 Å². The Bertz CT molecular complexity index is 106. The minimum atomic E-state index is 0.640. The van der Waals surface area contributed by atoms with Gasteiger partial charge in [0.05, 0.1) is 0 Å². The van der Waals surface area contributed by atoms with Crippen LogP contribution in [0.25, 0.3) is 0 Å². The second kappa shape index (κ2) is 2.89. The molecule has 0 spiro atoms. The highest BCUT2D eigenvalue weighted by molar-refractivity contribution is 4.84. The van der Waals surface area contributed by atoms with E-state index in [0.29, 0.717) is 6.04 Å². The van der Waals surface area contributed by atoms with Crippen molar-refractivity contribution in [1.82, 2.24) is 5.32 Å². The number of rotatable bonds is 2. The maximum atomic E-state index is 5.24. The molecule has 2 heteroatoms. The van der Waals surface area contributed by atoms with Crippen LogP contribution in [0.4, 0.5) is 0 Å². The van der Waals surface area contributed by atoms with Gasteiger partial charge in [-0.2, -0.15) is 0 Å². The van der Waals surface area contributed by atoms with E-state index in [1.54, 1.807) is 0 Å². The molecule has 1 saturated carbocycles. The largest absolute Gasteiger partial charge is 0.381 e. The van der Waals surface area contributed by atoms with Crippen LogP contribution >= 0.6 is 0 Å². The first kappa shape index (κ1) is 6.62. The molecule has 0 unspecified atom stereocenters. The molecule has 1 heterocycles. The number of nitrogens with zero attached hydrogens (tertiary/aromatic N) is 1. The quantitative estimate of drug-likeness (QED) is 0.559. The molecule has 0 bridgehead atoms. The Labute approximate surface area is 61.9 Å². The lowest BCUT2D eigenvalue weighted by Crippen LogP contribution is -2.30.